The van der Waals surface area contributed by atoms with Crippen LogP contribution >= 0.6 is 27.7 Å². The number of carbonyl (C=O) groups excluding carboxylic acids is 1. The van der Waals surface area contributed by atoms with E-state index in [1.54, 1.807) is 17.8 Å². The Morgan fingerprint density at radius 1 is 1.50 bits per heavy atom. The lowest BCUT2D eigenvalue weighted by molar-refractivity contribution is -0.141. The number of thioether (sulfide) groups is 1. The summed E-state index contributed by atoms with van der Waals surface area (Å²) in [6.45, 7) is 2.40. The number of amides is 2. The first kappa shape index (κ1) is 15.2. The lowest BCUT2D eigenvalue weighted by atomic mass is 10.2. The standard InChI is InChI=1S/C13H15BrN2O3S/c1-8-2-3-9(6-10(8)14)15-13(19)16-4-5-20-7-11(16)12(17)18/h2-3,6,11H,4-5,7H2,1H3,(H,15,19)(H,17,18). The molecule has 2 amide bonds. The van der Waals surface area contributed by atoms with Gasteiger partial charge in [-0.2, -0.15) is 11.8 Å². The molecular formula is C13H15BrN2O3S. The predicted molar refractivity (Wildman–Crippen MR) is 83.4 cm³/mol. The molecule has 1 unspecified atom stereocenters. The molecule has 1 aromatic rings. The Labute approximate surface area is 129 Å². The molecule has 1 fully saturated rings. The number of halogens is 1. The molecule has 2 rings (SSSR count). The number of carbonyl (C=O) groups is 2. The maximum atomic E-state index is 12.2. The minimum Gasteiger partial charge on any atom is -0.480 e. The Kier molecular flexibility index (Phi) is 4.93. The number of anilines is 1. The first-order valence-corrected chi connectivity index (χ1v) is 8.08. The summed E-state index contributed by atoms with van der Waals surface area (Å²) in [5.74, 6) is 0.229. The molecule has 0 spiro atoms. The normalized spacial score (nSPS) is 18.7. The minimum absolute atomic E-state index is 0.367. The van der Waals surface area contributed by atoms with Gasteiger partial charge in [0.25, 0.3) is 0 Å². The number of nitrogens with one attached hydrogen (secondary N) is 1. The van der Waals surface area contributed by atoms with E-state index in [0.29, 0.717) is 18.0 Å². The van der Waals surface area contributed by atoms with E-state index in [1.807, 2.05) is 19.1 Å². The van der Waals surface area contributed by atoms with Gasteiger partial charge in [0.1, 0.15) is 6.04 Å². The van der Waals surface area contributed by atoms with E-state index in [0.717, 1.165) is 15.8 Å². The van der Waals surface area contributed by atoms with Crippen molar-refractivity contribution >= 4 is 45.4 Å². The highest BCUT2D eigenvalue weighted by molar-refractivity contribution is 9.10. The third-order valence-corrected chi connectivity index (χ3v) is 4.97. The average Bonchev–Trinajstić information content (AvgIpc) is 2.43. The van der Waals surface area contributed by atoms with Crippen LogP contribution in [0, 0.1) is 6.92 Å². The third-order valence-electron chi connectivity index (χ3n) is 3.10. The zero-order valence-corrected chi connectivity index (χ0v) is 13.3. The molecule has 1 heterocycles. The highest BCUT2D eigenvalue weighted by Gasteiger charge is 2.32. The van der Waals surface area contributed by atoms with E-state index in [-0.39, 0.29) is 6.03 Å². The van der Waals surface area contributed by atoms with Crippen LogP contribution in [-0.2, 0) is 4.79 Å². The quantitative estimate of drug-likeness (QED) is 0.852. The van der Waals surface area contributed by atoms with Crippen LogP contribution in [0.3, 0.4) is 0 Å². The van der Waals surface area contributed by atoms with Crippen molar-refractivity contribution in [1.82, 2.24) is 4.90 Å². The molecule has 0 bridgehead atoms. The number of aliphatic carboxylic acids is 1. The Hall–Kier alpha value is -1.21. The topological polar surface area (TPSA) is 69.6 Å². The highest BCUT2D eigenvalue weighted by atomic mass is 79.9. The molecule has 108 valence electrons. The Bertz CT molecular complexity index is 538. The van der Waals surface area contributed by atoms with Crippen LogP contribution in [0.4, 0.5) is 10.5 Å². The lowest BCUT2D eigenvalue weighted by Crippen LogP contribution is -2.51. The molecule has 7 heteroatoms. The number of hydrogen-bond acceptors (Lipinski definition) is 3. The van der Waals surface area contributed by atoms with Crippen molar-refractivity contribution in [2.45, 2.75) is 13.0 Å². The van der Waals surface area contributed by atoms with Crippen molar-refractivity contribution in [3.63, 3.8) is 0 Å². The van der Waals surface area contributed by atoms with Crippen molar-refractivity contribution < 1.29 is 14.7 Å². The van der Waals surface area contributed by atoms with Gasteiger partial charge in [-0.3, -0.25) is 0 Å². The molecule has 1 aliphatic rings. The van der Waals surface area contributed by atoms with Crippen molar-refractivity contribution in [3.8, 4) is 0 Å². The van der Waals surface area contributed by atoms with E-state index in [9.17, 15) is 9.59 Å². The van der Waals surface area contributed by atoms with Gasteiger partial charge in [0, 0.05) is 28.2 Å². The van der Waals surface area contributed by atoms with Gasteiger partial charge in [0.2, 0.25) is 0 Å². The lowest BCUT2D eigenvalue weighted by Gasteiger charge is -2.32. The maximum Gasteiger partial charge on any atom is 0.327 e. The number of benzene rings is 1. The van der Waals surface area contributed by atoms with Gasteiger partial charge < -0.3 is 15.3 Å². The number of urea groups is 1. The van der Waals surface area contributed by atoms with Gasteiger partial charge in [-0.25, -0.2) is 9.59 Å². The Morgan fingerprint density at radius 2 is 2.25 bits per heavy atom. The molecule has 0 radical (unpaired) electrons. The summed E-state index contributed by atoms with van der Waals surface area (Å²) < 4.78 is 0.902. The molecule has 1 atom stereocenters. The van der Waals surface area contributed by atoms with Crippen molar-refractivity contribution in [3.05, 3.63) is 28.2 Å². The second-order valence-electron chi connectivity index (χ2n) is 4.52. The summed E-state index contributed by atoms with van der Waals surface area (Å²) in [6, 6.07) is 4.37. The number of hydrogen-bond donors (Lipinski definition) is 2. The largest absolute Gasteiger partial charge is 0.480 e. The molecule has 0 saturated carbocycles. The van der Waals surface area contributed by atoms with Gasteiger partial charge in [-0.05, 0) is 24.6 Å². The van der Waals surface area contributed by atoms with Crippen LogP contribution in [0.15, 0.2) is 22.7 Å². The Balaban J connectivity index is 2.09. The molecule has 0 aromatic heterocycles. The fraction of sp³-hybridized carbons (Fsp3) is 0.385. The Morgan fingerprint density at radius 3 is 2.90 bits per heavy atom. The first-order chi connectivity index (χ1) is 9.49. The van der Waals surface area contributed by atoms with Crippen molar-refractivity contribution in [2.24, 2.45) is 0 Å². The van der Waals surface area contributed by atoms with E-state index >= 15 is 0 Å². The fourth-order valence-corrected chi connectivity index (χ4v) is 3.33. The first-order valence-electron chi connectivity index (χ1n) is 6.13. The van der Waals surface area contributed by atoms with Crippen molar-refractivity contribution in [1.29, 1.82) is 0 Å². The number of rotatable bonds is 2. The van der Waals surface area contributed by atoms with E-state index in [2.05, 4.69) is 21.2 Å². The van der Waals surface area contributed by atoms with E-state index in [4.69, 9.17) is 5.11 Å². The van der Waals surface area contributed by atoms with Crippen LogP contribution in [0.5, 0.6) is 0 Å². The fourth-order valence-electron chi connectivity index (χ4n) is 1.92. The van der Waals surface area contributed by atoms with Crippen LogP contribution in [0.25, 0.3) is 0 Å². The molecule has 0 aliphatic carbocycles. The molecule has 5 nitrogen and oxygen atoms in total. The van der Waals surface area contributed by atoms with Crippen LogP contribution in [-0.4, -0.2) is 46.1 Å². The van der Waals surface area contributed by atoms with Crippen molar-refractivity contribution in [2.75, 3.05) is 23.4 Å². The monoisotopic (exact) mass is 358 g/mol. The summed E-state index contributed by atoms with van der Waals surface area (Å²) in [7, 11) is 0. The SMILES string of the molecule is Cc1ccc(NC(=O)N2CCSCC2C(=O)O)cc1Br. The molecular weight excluding hydrogens is 344 g/mol. The molecule has 2 N–H and O–H groups in total. The second kappa shape index (κ2) is 6.49. The van der Waals surface area contributed by atoms with E-state index in [1.165, 1.54) is 4.90 Å². The molecule has 1 saturated heterocycles. The zero-order valence-electron chi connectivity index (χ0n) is 10.9. The van der Waals surface area contributed by atoms with E-state index < -0.39 is 12.0 Å². The summed E-state index contributed by atoms with van der Waals surface area (Å²) in [4.78, 5) is 24.8. The van der Waals surface area contributed by atoms with Gasteiger partial charge in [0.15, 0.2) is 0 Å². The summed E-state index contributed by atoms with van der Waals surface area (Å²) >= 11 is 4.96. The molecule has 1 aliphatic heterocycles. The average molecular weight is 359 g/mol. The maximum absolute atomic E-state index is 12.2. The van der Waals surface area contributed by atoms with Gasteiger partial charge >= 0.3 is 12.0 Å². The zero-order chi connectivity index (χ0) is 14.7. The van der Waals surface area contributed by atoms with Gasteiger partial charge in [-0.15, -0.1) is 0 Å². The summed E-state index contributed by atoms with van der Waals surface area (Å²) in [6.07, 6.45) is 0. The second-order valence-corrected chi connectivity index (χ2v) is 6.52. The number of aryl methyl sites for hydroxylation is 1. The number of carboxylic acid groups (broad SMARTS) is 1. The number of carboxylic acids is 1. The number of nitrogens with zero attached hydrogens (tertiary/aromatic N) is 1. The predicted octanol–water partition coefficient (Wildman–Crippen LogP) is 2.79. The summed E-state index contributed by atoms with van der Waals surface area (Å²) in [5.41, 5.74) is 1.72. The van der Waals surface area contributed by atoms with Gasteiger partial charge in [-0.1, -0.05) is 22.0 Å². The smallest absolute Gasteiger partial charge is 0.327 e. The van der Waals surface area contributed by atoms with Crippen LogP contribution < -0.4 is 5.32 Å². The minimum atomic E-state index is -0.961. The van der Waals surface area contributed by atoms with Crippen LogP contribution in [0.1, 0.15) is 5.56 Å². The highest BCUT2D eigenvalue weighted by Crippen LogP contribution is 2.22. The van der Waals surface area contributed by atoms with Crippen LogP contribution in [0.2, 0.25) is 0 Å². The molecule has 20 heavy (non-hydrogen) atoms. The molecule has 1 aromatic carbocycles. The summed E-state index contributed by atoms with van der Waals surface area (Å²) in [5, 5.41) is 11.9. The third kappa shape index (κ3) is 3.46. The van der Waals surface area contributed by atoms with Gasteiger partial charge in [0.05, 0.1) is 0 Å².